The van der Waals surface area contributed by atoms with Crippen molar-refractivity contribution in [3.8, 4) is 0 Å². The number of carbonyl (C=O) groups is 2. The van der Waals surface area contributed by atoms with Gasteiger partial charge in [0.15, 0.2) is 11.5 Å². The lowest BCUT2D eigenvalue weighted by atomic mass is 9.74. The third-order valence-corrected chi connectivity index (χ3v) is 8.75. The van der Waals surface area contributed by atoms with E-state index in [2.05, 4.69) is 44.0 Å². The van der Waals surface area contributed by atoms with Crippen molar-refractivity contribution in [3.63, 3.8) is 0 Å². The minimum atomic E-state index is -0.665. The highest BCUT2D eigenvalue weighted by Gasteiger charge is 2.35. The first kappa shape index (κ1) is 29.9. The van der Waals surface area contributed by atoms with Crippen molar-refractivity contribution >= 4 is 29.5 Å². The number of primary amides is 1. The third kappa shape index (κ3) is 6.79. The van der Waals surface area contributed by atoms with E-state index in [4.69, 9.17) is 11.5 Å². The van der Waals surface area contributed by atoms with Crippen molar-refractivity contribution in [1.29, 1.82) is 0 Å². The van der Waals surface area contributed by atoms with Crippen LogP contribution in [0.4, 0.5) is 17.3 Å². The molecule has 0 bridgehead atoms. The maximum atomic E-state index is 12.1. The largest absolute Gasteiger partial charge is 0.388 e. The molecule has 2 aliphatic heterocycles. The van der Waals surface area contributed by atoms with Crippen molar-refractivity contribution in [2.75, 3.05) is 44.1 Å². The zero-order chi connectivity index (χ0) is 28.7. The van der Waals surface area contributed by atoms with Crippen LogP contribution in [0.1, 0.15) is 74.3 Å². The summed E-state index contributed by atoms with van der Waals surface area (Å²) in [6.07, 6.45) is 11.8. The minimum Gasteiger partial charge on any atom is -0.388 e. The van der Waals surface area contributed by atoms with E-state index in [1.807, 2.05) is 17.0 Å². The second-order valence-corrected chi connectivity index (χ2v) is 11.6. The number of likely N-dealkylation sites (tertiary alicyclic amines) is 1. The summed E-state index contributed by atoms with van der Waals surface area (Å²) in [6, 6.07) is 8.42. The van der Waals surface area contributed by atoms with Crippen LogP contribution in [0.5, 0.6) is 0 Å². The molecule has 10 heteroatoms. The highest BCUT2D eigenvalue weighted by Crippen LogP contribution is 2.38. The number of nitrogens with two attached hydrogens (primary N) is 2. The molecule has 218 valence electrons. The Morgan fingerprint density at radius 1 is 1.07 bits per heavy atom. The van der Waals surface area contributed by atoms with Crippen molar-refractivity contribution in [2.24, 2.45) is 11.5 Å². The molecule has 3 heterocycles. The number of hydrogen-bond donors (Lipinski definition) is 3. The summed E-state index contributed by atoms with van der Waals surface area (Å²) < 4.78 is 4.25. The van der Waals surface area contributed by atoms with Gasteiger partial charge in [0.2, 0.25) is 0 Å². The van der Waals surface area contributed by atoms with E-state index in [-0.39, 0.29) is 23.0 Å². The van der Waals surface area contributed by atoms with Gasteiger partial charge in [-0.05, 0) is 74.7 Å². The summed E-state index contributed by atoms with van der Waals surface area (Å²) >= 11 is 0. The molecule has 1 aromatic heterocycles. The topological polar surface area (TPSA) is 140 Å². The van der Waals surface area contributed by atoms with Crippen molar-refractivity contribution in [2.45, 2.75) is 81.8 Å². The summed E-state index contributed by atoms with van der Waals surface area (Å²) in [7, 11) is 3.25. The monoisotopic (exact) mass is 551 g/mol. The van der Waals surface area contributed by atoms with Crippen molar-refractivity contribution in [3.05, 3.63) is 41.7 Å². The predicted octanol–water partition coefficient (Wildman–Crippen LogP) is 3.37. The Morgan fingerprint density at radius 3 is 2.33 bits per heavy atom. The van der Waals surface area contributed by atoms with E-state index < -0.39 is 11.9 Å². The van der Waals surface area contributed by atoms with E-state index >= 15 is 0 Å². The first-order valence-corrected chi connectivity index (χ1v) is 14.5. The fourth-order valence-corrected chi connectivity index (χ4v) is 6.31. The molecule has 3 aliphatic rings. The number of amides is 1. The fraction of sp³-hybridized carbons (Fsp3) is 0.600. The molecule has 10 nitrogen and oxygen atoms in total. The lowest BCUT2D eigenvalue weighted by molar-refractivity contribution is -0.109. The molecule has 5 rings (SSSR count). The van der Waals surface area contributed by atoms with E-state index in [0.29, 0.717) is 12.4 Å². The number of methoxy groups -OCH3 is 1. The number of nitrogens with zero attached hydrogens (tertiary/aromatic N) is 4. The van der Waals surface area contributed by atoms with Crippen LogP contribution < -0.4 is 21.7 Å². The average Bonchev–Trinajstić information content (AvgIpc) is 3.49. The maximum absolute atomic E-state index is 12.1. The number of hydrogen-bond acceptors (Lipinski definition) is 9. The predicted molar refractivity (Wildman–Crippen MR) is 158 cm³/mol. The summed E-state index contributed by atoms with van der Waals surface area (Å²) in [6.45, 7) is 5.34. The number of ether oxygens (including phenoxy) is 1. The molecular formula is C30H45N7O3. The number of anilines is 3. The molecule has 5 N–H and O–H groups in total. The molecule has 3 fully saturated rings. The van der Waals surface area contributed by atoms with E-state index in [1.165, 1.54) is 37.4 Å². The van der Waals surface area contributed by atoms with Gasteiger partial charge < -0.3 is 36.1 Å². The molecule has 40 heavy (non-hydrogen) atoms. The van der Waals surface area contributed by atoms with Crippen LogP contribution in [0, 0.1) is 0 Å². The van der Waals surface area contributed by atoms with Gasteiger partial charge in [0, 0.05) is 38.5 Å². The van der Waals surface area contributed by atoms with Crippen LogP contribution in [0.25, 0.3) is 0 Å². The Bertz CT molecular complexity index is 1130. The van der Waals surface area contributed by atoms with Gasteiger partial charge in [0.1, 0.15) is 18.1 Å². The molecule has 1 saturated carbocycles. The van der Waals surface area contributed by atoms with E-state index in [9.17, 15) is 9.59 Å². The Kier molecular flexibility index (Phi) is 10.1. The van der Waals surface area contributed by atoms with Crippen LogP contribution in [-0.4, -0.2) is 79.0 Å². The Balaban J connectivity index is 0.00000118. The Morgan fingerprint density at radius 2 is 1.73 bits per heavy atom. The summed E-state index contributed by atoms with van der Waals surface area (Å²) in [4.78, 5) is 37.3. The van der Waals surface area contributed by atoms with Gasteiger partial charge in [-0.3, -0.25) is 4.79 Å². The van der Waals surface area contributed by atoms with Gasteiger partial charge >= 0.3 is 0 Å². The summed E-state index contributed by atoms with van der Waals surface area (Å²) in [5.41, 5.74) is 14.1. The number of benzene rings is 1. The van der Waals surface area contributed by atoms with Gasteiger partial charge in [0.05, 0.1) is 6.20 Å². The van der Waals surface area contributed by atoms with E-state index in [0.717, 1.165) is 56.8 Å². The van der Waals surface area contributed by atoms with Crippen LogP contribution in [-0.2, 0) is 14.9 Å². The van der Waals surface area contributed by atoms with Gasteiger partial charge in [0.25, 0.3) is 5.91 Å². The Labute approximate surface area is 237 Å². The molecule has 2 atom stereocenters. The number of piperidine rings is 2. The third-order valence-electron chi connectivity index (χ3n) is 8.75. The standard InChI is InChI=1S/C28H39N7O2.C2H6O/c1-28(12-15-34(16-13-28)21-5-2-3-6-21)19-8-10-20(11-9-19)32-27-25(26(30)37)31-17-24(33-27)35-14-4-7-22(29)23(35)18-36;1-3-2/h8-11,17-18,21-23H,2-7,12-16,29H2,1H3,(H2,30,37)(H,32,33);1-2H3. The molecule has 2 aromatic rings. The van der Waals surface area contributed by atoms with E-state index in [1.54, 1.807) is 14.2 Å². The number of aldehydes is 1. The first-order valence-electron chi connectivity index (χ1n) is 14.5. The SMILES string of the molecule is CC1(c2ccc(Nc3nc(N4CCCC(N)C4C=O)cnc3C(N)=O)cc2)CCN(C2CCCC2)CC1.COC. The normalized spacial score (nSPS) is 23.2. The maximum Gasteiger partial charge on any atom is 0.271 e. The summed E-state index contributed by atoms with van der Waals surface area (Å²) in [5.74, 6) is 0.109. The molecule has 2 saturated heterocycles. The molecule has 0 radical (unpaired) electrons. The van der Waals surface area contributed by atoms with Gasteiger partial charge in [-0.15, -0.1) is 0 Å². The lowest BCUT2D eigenvalue weighted by Crippen LogP contribution is -2.53. The average molecular weight is 552 g/mol. The zero-order valence-electron chi connectivity index (χ0n) is 24.1. The van der Waals surface area contributed by atoms with Crippen LogP contribution >= 0.6 is 0 Å². The van der Waals surface area contributed by atoms with Crippen LogP contribution in [0.2, 0.25) is 0 Å². The lowest BCUT2D eigenvalue weighted by Gasteiger charge is -2.42. The van der Waals surface area contributed by atoms with Crippen molar-refractivity contribution in [1.82, 2.24) is 14.9 Å². The molecule has 1 amide bonds. The van der Waals surface area contributed by atoms with Gasteiger partial charge in [-0.1, -0.05) is 31.9 Å². The fourth-order valence-electron chi connectivity index (χ4n) is 6.31. The quantitative estimate of drug-likeness (QED) is 0.442. The second kappa shape index (κ2) is 13.5. The van der Waals surface area contributed by atoms with Gasteiger partial charge in [-0.25, -0.2) is 9.97 Å². The highest BCUT2D eigenvalue weighted by atomic mass is 16.4. The minimum absolute atomic E-state index is 0.0584. The first-order chi connectivity index (χ1) is 19.3. The number of nitrogens with one attached hydrogen (secondary N) is 1. The molecule has 0 spiro atoms. The summed E-state index contributed by atoms with van der Waals surface area (Å²) in [5, 5.41) is 3.24. The molecule has 2 unspecified atom stereocenters. The second-order valence-electron chi connectivity index (χ2n) is 11.6. The number of aromatic nitrogens is 2. The molecular weight excluding hydrogens is 506 g/mol. The van der Waals surface area contributed by atoms with Crippen LogP contribution in [0.15, 0.2) is 30.5 Å². The Hall–Kier alpha value is -3.08. The van der Waals surface area contributed by atoms with Gasteiger partial charge in [-0.2, -0.15) is 0 Å². The number of carbonyl (C=O) groups excluding carboxylic acids is 2. The highest BCUT2D eigenvalue weighted by molar-refractivity contribution is 5.96. The van der Waals surface area contributed by atoms with Crippen molar-refractivity contribution < 1.29 is 14.3 Å². The van der Waals surface area contributed by atoms with Crippen LogP contribution in [0.3, 0.4) is 0 Å². The number of rotatable bonds is 7. The molecule has 1 aromatic carbocycles. The molecule has 1 aliphatic carbocycles. The zero-order valence-corrected chi connectivity index (χ0v) is 24.1. The smallest absolute Gasteiger partial charge is 0.271 e.